The number of nitrogens with two attached hydrogens (primary N) is 1. The van der Waals surface area contributed by atoms with Gasteiger partial charge in [0.1, 0.15) is 0 Å². The molecule has 1 aliphatic heterocycles. The summed E-state index contributed by atoms with van der Waals surface area (Å²) in [6.07, 6.45) is 9.39. The van der Waals surface area contributed by atoms with Gasteiger partial charge in [-0.2, -0.15) is 0 Å². The fourth-order valence-electron chi connectivity index (χ4n) is 3.88. The molecule has 0 unspecified atom stereocenters. The van der Waals surface area contributed by atoms with E-state index < -0.39 is 0 Å². The quantitative estimate of drug-likeness (QED) is 0.842. The van der Waals surface area contributed by atoms with Gasteiger partial charge in [0.05, 0.1) is 0 Å². The summed E-state index contributed by atoms with van der Waals surface area (Å²) in [6, 6.07) is 8.88. The van der Waals surface area contributed by atoms with Gasteiger partial charge in [0, 0.05) is 24.2 Å². The van der Waals surface area contributed by atoms with Crippen molar-refractivity contribution in [3.8, 4) is 0 Å². The first-order valence-corrected chi connectivity index (χ1v) is 7.86. The molecule has 3 rings (SSSR count). The SMILES string of the molecule is NCC1(CN2CCc3ccccc32)CCCCCC1. The minimum atomic E-state index is 0.369. The lowest BCUT2D eigenvalue weighted by molar-refractivity contribution is 0.260. The third kappa shape index (κ3) is 2.64. The summed E-state index contributed by atoms with van der Waals surface area (Å²) in [5.41, 5.74) is 9.52. The van der Waals surface area contributed by atoms with E-state index in [0.29, 0.717) is 5.41 Å². The summed E-state index contributed by atoms with van der Waals surface area (Å²) in [7, 11) is 0. The van der Waals surface area contributed by atoms with Gasteiger partial charge in [-0.05, 0) is 37.4 Å². The molecule has 2 heteroatoms. The minimum Gasteiger partial charge on any atom is -0.370 e. The van der Waals surface area contributed by atoms with Crippen LogP contribution >= 0.6 is 0 Å². The summed E-state index contributed by atoms with van der Waals surface area (Å²) in [6.45, 7) is 3.20. The molecule has 0 saturated heterocycles. The summed E-state index contributed by atoms with van der Waals surface area (Å²) in [5, 5.41) is 0. The van der Waals surface area contributed by atoms with Crippen molar-refractivity contribution in [2.45, 2.75) is 44.9 Å². The predicted molar refractivity (Wildman–Crippen MR) is 81.5 cm³/mol. The van der Waals surface area contributed by atoms with Gasteiger partial charge < -0.3 is 10.6 Å². The number of anilines is 1. The number of para-hydroxylation sites is 1. The van der Waals surface area contributed by atoms with Crippen LogP contribution in [0.25, 0.3) is 0 Å². The van der Waals surface area contributed by atoms with Crippen LogP contribution < -0.4 is 10.6 Å². The van der Waals surface area contributed by atoms with Crippen molar-refractivity contribution in [1.29, 1.82) is 0 Å². The topological polar surface area (TPSA) is 29.3 Å². The van der Waals surface area contributed by atoms with Crippen LogP contribution in [-0.4, -0.2) is 19.6 Å². The second-order valence-electron chi connectivity index (χ2n) is 6.42. The van der Waals surface area contributed by atoms with E-state index in [1.165, 1.54) is 69.3 Å². The number of benzene rings is 1. The lowest BCUT2D eigenvalue weighted by Gasteiger charge is -2.36. The van der Waals surface area contributed by atoms with Crippen LogP contribution in [0.15, 0.2) is 24.3 Å². The maximum absolute atomic E-state index is 6.18. The molecule has 2 nitrogen and oxygen atoms in total. The van der Waals surface area contributed by atoms with Crippen LogP contribution in [0, 0.1) is 5.41 Å². The highest BCUT2D eigenvalue weighted by Gasteiger charge is 2.33. The van der Waals surface area contributed by atoms with Crippen LogP contribution in [0.1, 0.15) is 44.1 Å². The molecule has 2 aliphatic rings. The van der Waals surface area contributed by atoms with E-state index >= 15 is 0 Å². The number of fused-ring (bicyclic) bond motifs is 1. The zero-order valence-corrected chi connectivity index (χ0v) is 11.9. The van der Waals surface area contributed by atoms with Gasteiger partial charge >= 0.3 is 0 Å². The molecule has 1 fully saturated rings. The van der Waals surface area contributed by atoms with Crippen molar-refractivity contribution in [3.63, 3.8) is 0 Å². The fourth-order valence-corrected chi connectivity index (χ4v) is 3.88. The average Bonchev–Trinajstić information content (AvgIpc) is 2.70. The third-order valence-corrected chi connectivity index (χ3v) is 5.11. The van der Waals surface area contributed by atoms with E-state index in [9.17, 15) is 0 Å². The highest BCUT2D eigenvalue weighted by Crippen LogP contribution is 2.38. The molecule has 0 amide bonds. The molecule has 1 aromatic rings. The molecule has 19 heavy (non-hydrogen) atoms. The first-order valence-electron chi connectivity index (χ1n) is 7.86. The second kappa shape index (κ2) is 5.54. The van der Waals surface area contributed by atoms with Crippen molar-refractivity contribution < 1.29 is 0 Å². The van der Waals surface area contributed by atoms with Crippen molar-refractivity contribution in [2.24, 2.45) is 11.1 Å². The molecule has 104 valence electrons. The molecule has 2 N–H and O–H groups in total. The second-order valence-corrected chi connectivity index (χ2v) is 6.42. The number of nitrogens with zero attached hydrogens (tertiary/aromatic N) is 1. The average molecular weight is 258 g/mol. The summed E-state index contributed by atoms with van der Waals surface area (Å²) < 4.78 is 0. The van der Waals surface area contributed by atoms with E-state index in [-0.39, 0.29) is 0 Å². The first kappa shape index (κ1) is 13.0. The van der Waals surface area contributed by atoms with Crippen LogP contribution in [-0.2, 0) is 6.42 Å². The number of hydrogen-bond acceptors (Lipinski definition) is 2. The maximum atomic E-state index is 6.18. The minimum absolute atomic E-state index is 0.369. The van der Waals surface area contributed by atoms with E-state index in [4.69, 9.17) is 5.73 Å². The van der Waals surface area contributed by atoms with Crippen LogP contribution in [0.2, 0.25) is 0 Å². The van der Waals surface area contributed by atoms with Gasteiger partial charge in [-0.1, -0.05) is 43.9 Å². The van der Waals surface area contributed by atoms with E-state index in [2.05, 4.69) is 29.2 Å². The van der Waals surface area contributed by atoms with Crippen LogP contribution in [0.3, 0.4) is 0 Å². The molecule has 0 radical (unpaired) electrons. The van der Waals surface area contributed by atoms with E-state index in [1.54, 1.807) is 0 Å². The number of hydrogen-bond donors (Lipinski definition) is 1. The number of rotatable bonds is 3. The van der Waals surface area contributed by atoms with Crippen molar-refractivity contribution in [1.82, 2.24) is 0 Å². The Labute approximate surface area is 117 Å². The third-order valence-electron chi connectivity index (χ3n) is 5.11. The summed E-state index contributed by atoms with van der Waals surface area (Å²) in [4.78, 5) is 2.59. The molecule has 0 aromatic heterocycles. The standard InChI is InChI=1S/C17H26N2/c18-13-17(10-5-1-2-6-11-17)14-19-12-9-15-7-3-4-8-16(15)19/h3-4,7-8H,1-2,5-6,9-14,18H2. The molecule has 0 spiro atoms. The van der Waals surface area contributed by atoms with Crippen molar-refractivity contribution in [3.05, 3.63) is 29.8 Å². The van der Waals surface area contributed by atoms with Gasteiger partial charge in [-0.25, -0.2) is 0 Å². The van der Waals surface area contributed by atoms with E-state index in [1.807, 2.05) is 0 Å². The molecular formula is C17H26N2. The van der Waals surface area contributed by atoms with Gasteiger partial charge in [-0.3, -0.25) is 0 Å². The lowest BCUT2D eigenvalue weighted by Crippen LogP contribution is -2.42. The maximum Gasteiger partial charge on any atom is 0.0399 e. The largest absolute Gasteiger partial charge is 0.370 e. The van der Waals surface area contributed by atoms with Gasteiger partial charge in [0.15, 0.2) is 0 Å². The molecule has 1 aliphatic carbocycles. The van der Waals surface area contributed by atoms with Gasteiger partial charge in [0.25, 0.3) is 0 Å². The highest BCUT2D eigenvalue weighted by atomic mass is 15.2. The molecule has 1 heterocycles. The molecule has 0 bridgehead atoms. The zero-order chi connectivity index (χ0) is 13.1. The Kier molecular flexibility index (Phi) is 3.79. The molecule has 0 atom stereocenters. The predicted octanol–water partition coefficient (Wildman–Crippen LogP) is 3.35. The zero-order valence-electron chi connectivity index (χ0n) is 11.9. The summed E-state index contributed by atoms with van der Waals surface area (Å²) in [5.74, 6) is 0. The smallest absolute Gasteiger partial charge is 0.0399 e. The van der Waals surface area contributed by atoms with Gasteiger partial charge in [-0.15, -0.1) is 0 Å². The Morgan fingerprint density at radius 2 is 1.79 bits per heavy atom. The van der Waals surface area contributed by atoms with Crippen LogP contribution in [0.5, 0.6) is 0 Å². The Balaban J connectivity index is 1.76. The van der Waals surface area contributed by atoms with E-state index in [0.717, 1.165) is 6.54 Å². The monoisotopic (exact) mass is 258 g/mol. The Morgan fingerprint density at radius 3 is 2.53 bits per heavy atom. The molecule has 1 saturated carbocycles. The fraction of sp³-hybridized carbons (Fsp3) is 0.647. The van der Waals surface area contributed by atoms with Crippen molar-refractivity contribution >= 4 is 5.69 Å². The Bertz CT molecular complexity index is 419. The van der Waals surface area contributed by atoms with Crippen LogP contribution in [0.4, 0.5) is 5.69 Å². The lowest BCUT2D eigenvalue weighted by atomic mass is 9.80. The first-order chi connectivity index (χ1) is 9.33. The highest BCUT2D eigenvalue weighted by molar-refractivity contribution is 5.57. The normalized spacial score (nSPS) is 22.1. The molecular weight excluding hydrogens is 232 g/mol. The Morgan fingerprint density at radius 1 is 1.05 bits per heavy atom. The summed E-state index contributed by atoms with van der Waals surface area (Å²) >= 11 is 0. The van der Waals surface area contributed by atoms with Crippen molar-refractivity contribution in [2.75, 3.05) is 24.5 Å². The van der Waals surface area contributed by atoms with Gasteiger partial charge in [0.2, 0.25) is 0 Å². The Hall–Kier alpha value is -1.02. The molecule has 1 aromatic carbocycles.